The summed E-state index contributed by atoms with van der Waals surface area (Å²) in [5, 5.41) is 20.3. The lowest BCUT2D eigenvalue weighted by Crippen LogP contribution is -2.41. The van der Waals surface area contributed by atoms with E-state index in [0.29, 0.717) is 37.9 Å². The molecule has 1 aliphatic rings. The number of aliphatic hydroxyl groups excluding tert-OH is 1. The van der Waals surface area contributed by atoms with E-state index in [-0.39, 0.29) is 29.9 Å². The first-order valence-corrected chi connectivity index (χ1v) is 9.33. The molecule has 1 aromatic rings. The minimum Gasteiger partial charge on any atom is -0.494 e. The standard InChI is InChI=1S/C19H26N2O6/c22-13-15-12-17(9-10-18(15)21(25)26)27-11-5-4-8-19(24)20(14-23)16-6-2-1-3-7-16/h9-10,12-13,16,23H,1-8,11,14H2. The van der Waals surface area contributed by atoms with Crippen molar-refractivity contribution in [3.8, 4) is 5.75 Å². The van der Waals surface area contributed by atoms with E-state index < -0.39 is 4.92 Å². The van der Waals surface area contributed by atoms with Crippen molar-refractivity contribution in [3.63, 3.8) is 0 Å². The molecule has 148 valence electrons. The van der Waals surface area contributed by atoms with Crippen LogP contribution in [0.15, 0.2) is 18.2 Å². The predicted octanol–water partition coefficient (Wildman–Crippen LogP) is 3.07. The van der Waals surface area contributed by atoms with Gasteiger partial charge in [0.2, 0.25) is 5.91 Å². The van der Waals surface area contributed by atoms with Crippen molar-refractivity contribution in [1.29, 1.82) is 0 Å². The van der Waals surface area contributed by atoms with Crippen LogP contribution in [0.4, 0.5) is 5.69 Å². The fourth-order valence-electron chi connectivity index (χ4n) is 3.39. The van der Waals surface area contributed by atoms with Gasteiger partial charge in [0.1, 0.15) is 12.5 Å². The summed E-state index contributed by atoms with van der Waals surface area (Å²) in [6.07, 6.45) is 7.32. The Morgan fingerprint density at radius 3 is 2.67 bits per heavy atom. The van der Waals surface area contributed by atoms with Crippen molar-refractivity contribution in [2.75, 3.05) is 13.3 Å². The van der Waals surface area contributed by atoms with Gasteiger partial charge >= 0.3 is 0 Å². The van der Waals surface area contributed by atoms with Crippen LogP contribution in [0.5, 0.6) is 5.75 Å². The van der Waals surface area contributed by atoms with E-state index in [1.807, 2.05) is 0 Å². The number of amides is 1. The summed E-state index contributed by atoms with van der Waals surface area (Å²) >= 11 is 0. The second-order valence-corrected chi connectivity index (χ2v) is 6.70. The number of ether oxygens (including phenoxy) is 1. The summed E-state index contributed by atoms with van der Waals surface area (Å²) < 4.78 is 5.51. The molecule has 27 heavy (non-hydrogen) atoms. The number of hydrogen-bond acceptors (Lipinski definition) is 6. The Morgan fingerprint density at radius 2 is 2.04 bits per heavy atom. The van der Waals surface area contributed by atoms with Crippen LogP contribution < -0.4 is 4.74 Å². The number of rotatable bonds is 10. The predicted molar refractivity (Wildman–Crippen MR) is 98.6 cm³/mol. The first-order valence-electron chi connectivity index (χ1n) is 9.33. The van der Waals surface area contributed by atoms with Gasteiger partial charge in [-0.15, -0.1) is 0 Å². The Balaban J connectivity index is 1.74. The molecule has 0 spiro atoms. The second-order valence-electron chi connectivity index (χ2n) is 6.70. The van der Waals surface area contributed by atoms with Crippen molar-refractivity contribution in [2.24, 2.45) is 0 Å². The van der Waals surface area contributed by atoms with E-state index in [0.717, 1.165) is 25.7 Å². The third kappa shape index (κ3) is 6.02. The van der Waals surface area contributed by atoms with Gasteiger partial charge in [-0.25, -0.2) is 0 Å². The van der Waals surface area contributed by atoms with Gasteiger partial charge in [0.05, 0.1) is 17.1 Å². The largest absolute Gasteiger partial charge is 0.494 e. The SMILES string of the molecule is O=Cc1cc(OCCCCC(=O)N(CO)C2CCCCC2)ccc1[N+](=O)[O-]. The van der Waals surface area contributed by atoms with Crippen LogP contribution in [0.3, 0.4) is 0 Å². The fraction of sp³-hybridized carbons (Fsp3) is 0.579. The maximum Gasteiger partial charge on any atom is 0.280 e. The summed E-state index contributed by atoms with van der Waals surface area (Å²) in [6.45, 7) is 0.100. The molecule has 0 atom stereocenters. The molecule has 0 heterocycles. The molecular formula is C19H26N2O6. The topological polar surface area (TPSA) is 110 Å². The molecule has 0 saturated heterocycles. The summed E-state index contributed by atoms with van der Waals surface area (Å²) in [4.78, 5) is 35.0. The zero-order valence-corrected chi connectivity index (χ0v) is 15.3. The Bertz CT molecular complexity index is 658. The highest BCUT2D eigenvalue weighted by atomic mass is 16.6. The van der Waals surface area contributed by atoms with Crippen molar-refractivity contribution in [1.82, 2.24) is 4.90 Å². The number of nitro benzene ring substituents is 1. The molecule has 2 rings (SSSR count). The number of carbonyl (C=O) groups is 2. The molecule has 1 amide bonds. The second kappa shape index (κ2) is 10.6. The summed E-state index contributed by atoms with van der Waals surface area (Å²) in [5.74, 6) is 0.344. The highest BCUT2D eigenvalue weighted by Crippen LogP contribution is 2.24. The first kappa shape index (κ1) is 20.8. The average molecular weight is 378 g/mol. The third-order valence-electron chi connectivity index (χ3n) is 4.86. The number of aliphatic hydroxyl groups is 1. The number of benzene rings is 1. The number of aldehydes is 1. The minimum absolute atomic E-state index is 0.0289. The summed E-state index contributed by atoms with van der Waals surface area (Å²) in [7, 11) is 0. The van der Waals surface area contributed by atoms with E-state index in [1.165, 1.54) is 24.6 Å². The van der Waals surface area contributed by atoms with Gasteiger partial charge in [-0.3, -0.25) is 19.7 Å². The molecule has 0 radical (unpaired) electrons. The maximum atomic E-state index is 12.3. The van der Waals surface area contributed by atoms with Crippen LogP contribution in [0.25, 0.3) is 0 Å². The van der Waals surface area contributed by atoms with E-state index in [4.69, 9.17) is 4.74 Å². The molecule has 1 aromatic carbocycles. The number of nitro groups is 1. The molecular weight excluding hydrogens is 352 g/mol. The lowest BCUT2D eigenvalue weighted by molar-refractivity contribution is -0.385. The number of unbranched alkanes of at least 4 members (excludes halogenated alkanes) is 1. The molecule has 1 aliphatic carbocycles. The first-order chi connectivity index (χ1) is 13.1. The molecule has 1 fully saturated rings. The highest BCUT2D eigenvalue weighted by Gasteiger charge is 2.24. The van der Waals surface area contributed by atoms with Gasteiger partial charge in [0.15, 0.2) is 6.29 Å². The normalized spacial score (nSPS) is 14.6. The summed E-state index contributed by atoms with van der Waals surface area (Å²) in [6, 6.07) is 4.18. The van der Waals surface area contributed by atoms with Gasteiger partial charge < -0.3 is 14.7 Å². The zero-order valence-electron chi connectivity index (χ0n) is 15.3. The van der Waals surface area contributed by atoms with Crippen LogP contribution in [-0.4, -0.2) is 46.5 Å². The molecule has 1 saturated carbocycles. The van der Waals surface area contributed by atoms with E-state index >= 15 is 0 Å². The molecule has 0 aromatic heterocycles. The highest BCUT2D eigenvalue weighted by molar-refractivity contribution is 5.82. The van der Waals surface area contributed by atoms with E-state index in [2.05, 4.69) is 0 Å². The van der Waals surface area contributed by atoms with Crippen molar-refractivity contribution in [2.45, 2.75) is 57.4 Å². The Morgan fingerprint density at radius 1 is 1.30 bits per heavy atom. The van der Waals surface area contributed by atoms with Gasteiger partial charge in [0.25, 0.3) is 5.69 Å². The van der Waals surface area contributed by atoms with Crippen molar-refractivity contribution >= 4 is 17.9 Å². The minimum atomic E-state index is -0.613. The quantitative estimate of drug-likeness (QED) is 0.220. The number of nitrogens with zero attached hydrogens (tertiary/aromatic N) is 2. The average Bonchev–Trinajstić information content (AvgIpc) is 2.68. The van der Waals surface area contributed by atoms with Gasteiger partial charge in [0, 0.05) is 18.5 Å². The molecule has 1 N–H and O–H groups in total. The number of carbonyl (C=O) groups excluding carboxylic acids is 2. The van der Waals surface area contributed by atoms with E-state index in [9.17, 15) is 24.8 Å². The lowest BCUT2D eigenvalue weighted by atomic mass is 9.94. The van der Waals surface area contributed by atoms with Crippen LogP contribution in [0.1, 0.15) is 61.7 Å². The Labute approximate surface area is 158 Å². The zero-order chi connectivity index (χ0) is 19.6. The van der Waals surface area contributed by atoms with Gasteiger partial charge in [-0.2, -0.15) is 0 Å². The van der Waals surface area contributed by atoms with Crippen LogP contribution in [0.2, 0.25) is 0 Å². The number of hydrogen-bond donors (Lipinski definition) is 1. The molecule has 0 unspecified atom stereocenters. The maximum absolute atomic E-state index is 12.3. The van der Waals surface area contributed by atoms with Crippen LogP contribution in [-0.2, 0) is 4.79 Å². The fourth-order valence-corrected chi connectivity index (χ4v) is 3.39. The molecule has 8 nitrogen and oxygen atoms in total. The van der Waals surface area contributed by atoms with Gasteiger partial charge in [-0.1, -0.05) is 19.3 Å². The van der Waals surface area contributed by atoms with Crippen molar-refractivity contribution < 1.29 is 24.4 Å². The van der Waals surface area contributed by atoms with Crippen LogP contribution >= 0.6 is 0 Å². The Hall–Kier alpha value is -2.48. The lowest BCUT2D eigenvalue weighted by Gasteiger charge is -2.32. The summed E-state index contributed by atoms with van der Waals surface area (Å²) in [5.41, 5.74) is -0.284. The van der Waals surface area contributed by atoms with Crippen LogP contribution in [0, 0.1) is 10.1 Å². The smallest absolute Gasteiger partial charge is 0.280 e. The molecule has 0 bridgehead atoms. The van der Waals surface area contributed by atoms with Gasteiger partial charge in [-0.05, 0) is 37.8 Å². The third-order valence-corrected chi connectivity index (χ3v) is 4.86. The molecule has 8 heteroatoms. The Kier molecular flexibility index (Phi) is 8.19. The molecule has 0 aliphatic heterocycles. The van der Waals surface area contributed by atoms with Crippen molar-refractivity contribution in [3.05, 3.63) is 33.9 Å². The monoisotopic (exact) mass is 378 g/mol. The van der Waals surface area contributed by atoms with E-state index in [1.54, 1.807) is 4.90 Å².